The predicted molar refractivity (Wildman–Crippen MR) is 113 cm³/mol. The van der Waals surface area contributed by atoms with Crippen molar-refractivity contribution in [1.82, 2.24) is 9.78 Å². The highest BCUT2D eigenvalue weighted by molar-refractivity contribution is 7.92. The van der Waals surface area contributed by atoms with Gasteiger partial charge in [0.2, 0.25) is 10.0 Å². The molecule has 0 fully saturated rings. The van der Waals surface area contributed by atoms with Gasteiger partial charge in [-0.25, -0.2) is 8.42 Å². The zero-order valence-electron chi connectivity index (χ0n) is 16.8. The van der Waals surface area contributed by atoms with E-state index in [1.807, 2.05) is 6.92 Å². The third kappa shape index (κ3) is 5.13. The standard InChI is InChI=1S/C21H20F3N3O3S/c1-3-19-18(14-6-5-7-16(12-14)26-31(29,30)4-2)13-20(28)27(25-19)17-10-8-15(9-11-17)21(22,23)24/h5-13,26H,3-4H2,1-2H3. The number of benzene rings is 2. The van der Waals surface area contributed by atoms with E-state index in [0.717, 1.165) is 16.8 Å². The molecule has 0 atom stereocenters. The highest BCUT2D eigenvalue weighted by Gasteiger charge is 2.30. The Morgan fingerprint density at radius 3 is 2.29 bits per heavy atom. The van der Waals surface area contributed by atoms with Crippen LogP contribution in [-0.2, 0) is 22.6 Å². The van der Waals surface area contributed by atoms with Crippen molar-refractivity contribution in [3.8, 4) is 16.8 Å². The van der Waals surface area contributed by atoms with Crippen LogP contribution in [-0.4, -0.2) is 24.0 Å². The minimum absolute atomic E-state index is 0.0812. The second-order valence-electron chi connectivity index (χ2n) is 6.74. The third-order valence-electron chi connectivity index (χ3n) is 4.61. The van der Waals surface area contributed by atoms with Gasteiger partial charge in [0.05, 0.1) is 22.7 Å². The molecule has 2 aromatic carbocycles. The van der Waals surface area contributed by atoms with Gasteiger partial charge in [0.15, 0.2) is 0 Å². The Bertz CT molecular complexity index is 1250. The van der Waals surface area contributed by atoms with Crippen molar-refractivity contribution < 1.29 is 21.6 Å². The largest absolute Gasteiger partial charge is 0.416 e. The zero-order valence-corrected chi connectivity index (χ0v) is 17.6. The van der Waals surface area contributed by atoms with Crippen molar-refractivity contribution in [2.45, 2.75) is 26.4 Å². The van der Waals surface area contributed by atoms with E-state index >= 15 is 0 Å². The topological polar surface area (TPSA) is 81.1 Å². The van der Waals surface area contributed by atoms with Gasteiger partial charge in [0.25, 0.3) is 5.56 Å². The lowest BCUT2D eigenvalue weighted by molar-refractivity contribution is -0.137. The van der Waals surface area contributed by atoms with Gasteiger partial charge in [-0.15, -0.1) is 0 Å². The Labute approximate surface area is 177 Å². The van der Waals surface area contributed by atoms with E-state index < -0.39 is 27.3 Å². The molecule has 1 aromatic heterocycles. The van der Waals surface area contributed by atoms with Gasteiger partial charge in [-0.05, 0) is 55.3 Å². The average Bonchev–Trinajstić information content (AvgIpc) is 2.73. The summed E-state index contributed by atoms with van der Waals surface area (Å²) in [5.74, 6) is -0.0812. The maximum absolute atomic E-state index is 12.8. The Morgan fingerprint density at radius 2 is 1.71 bits per heavy atom. The van der Waals surface area contributed by atoms with E-state index in [4.69, 9.17) is 0 Å². The fourth-order valence-corrected chi connectivity index (χ4v) is 3.61. The first-order valence-electron chi connectivity index (χ1n) is 9.46. The first-order valence-corrected chi connectivity index (χ1v) is 11.1. The van der Waals surface area contributed by atoms with Gasteiger partial charge >= 0.3 is 6.18 Å². The molecule has 0 amide bonds. The van der Waals surface area contributed by atoms with E-state index in [2.05, 4.69) is 9.82 Å². The summed E-state index contributed by atoms with van der Waals surface area (Å²) in [5, 5.41) is 4.33. The number of hydrogen-bond acceptors (Lipinski definition) is 4. The zero-order chi connectivity index (χ0) is 22.8. The molecule has 0 spiro atoms. The maximum atomic E-state index is 12.8. The average molecular weight is 451 g/mol. The summed E-state index contributed by atoms with van der Waals surface area (Å²) in [6.45, 7) is 3.35. The summed E-state index contributed by atoms with van der Waals surface area (Å²) in [7, 11) is -3.46. The first-order chi connectivity index (χ1) is 14.5. The van der Waals surface area contributed by atoms with E-state index in [1.165, 1.54) is 25.1 Å². The number of nitrogens with zero attached hydrogens (tertiary/aromatic N) is 2. The van der Waals surface area contributed by atoms with E-state index in [1.54, 1.807) is 24.3 Å². The Kier molecular flexibility index (Phi) is 6.21. The normalized spacial score (nSPS) is 12.0. The first kappa shape index (κ1) is 22.5. The molecule has 0 aliphatic heterocycles. The van der Waals surface area contributed by atoms with Gasteiger partial charge < -0.3 is 0 Å². The molecule has 0 saturated carbocycles. The lowest BCUT2D eigenvalue weighted by Crippen LogP contribution is -2.22. The van der Waals surface area contributed by atoms with Crippen LogP contribution in [0, 0.1) is 0 Å². The number of aryl methyl sites for hydroxylation is 1. The van der Waals surface area contributed by atoms with Crippen molar-refractivity contribution >= 4 is 15.7 Å². The van der Waals surface area contributed by atoms with Crippen molar-refractivity contribution in [1.29, 1.82) is 0 Å². The fourth-order valence-electron chi connectivity index (χ4n) is 2.98. The monoisotopic (exact) mass is 451 g/mol. The molecule has 10 heteroatoms. The summed E-state index contributed by atoms with van der Waals surface area (Å²) in [6.07, 6.45) is -4.03. The minimum Gasteiger partial charge on any atom is -0.284 e. The number of halogens is 3. The van der Waals surface area contributed by atoms with Crippen molar-refractivity contribution in [2.24, 2.45) is 0 Å². The molecule has 31 heavy (non-hydrogen) atoms. The SMILES string of the molecule is CCc1nn(-c2ccc(C(F)(F)F)cc2)c(=O)cc1-c1cccc(NS(=O)(=O)CC)c1. The van der Waals surface area contributed by atoms with Gasteiger partial charge in [-0.1, -0.05) is 19.1 Å². The number of anilines is 1. The van der Waals surface area contributed by atoms with Crippen LogP contribution in [0.3, 0.4) is 0 Å². The molecule has 3 aromatic rings. The molecule has 0 aliphatic rings. The van der Waals surface area contributed by atoms with Crippen LogP contribution in [0.5, 0.6) is 0 Å². The van der Waals surface area contributed by atoms with Crippen molar-refractivity contribution in [2.75, 3.05) is 10.5 Å². The molecule has 0 bridgehead atoms. The summed E-state index contributed by atoms with van der Waals surface area (Å²) in [6, 6.07) is 12.1. The smallest absolute Gasteiger partial charge is 0.284 e. The van der Waals surface area contributed by atoms with Crippen LogP contribution in [0.1, 0.15) is 25.1 Å². The van der Waals surface area contributed by atoms with Crippen molar-refractivity contribution in [3.05, 3.63) is 76.2 Å². The molecule has 164 valence electrons. The molecular weight excluding hydrogens is 431 g/mol. The molecule has 1 heterocycles. The van der Waals surface area contributed by atoms with Gasteiger partial charge in [-0.2, -0.15) is 23.0 Å². The summed E-state index contributed by atoms with van der Waals surface area (Å²) in [5.41, 5.74) is 0.882. The lowest BCUT2D eigenvalue weighted by Gasteiger charge is -2.13. The number of rotatable bonds is 6. The predicted octanol–water partition coefficient (Wildman–Crippen LogP) is 4.24. The lowest BCUT2D eigenvalue weighted by atomic mass is 10.0. The second kappa shape index (κ2) is 8.54. The molecular formula is C21H20F3N3O3S. The van der Waals surface area contributed by atoms with Crippen LogP contribution in [0.2, 0.25) is 0 Å². The number of sulfonamides is 1. The highest BCUT2D eigenvalue weighted by atomic mass is 32.2. The Balaban J connectivity index is 2.04. The number of alkyl halides is 3. The minimum atomic E-state index is -4.47. The van der Waals surface area contributed by atoms with Gasteiger partial charge in [0, 0.05) is 17.3 Å². The van der Waals surface area contributed by atoms with Gasteiger partial charge in [-0.3, -0.25) is 9.52 Å². The second-order valence-corrected chi connectivity index (χ2v) is 8.75. The molecule has 0 saturated heterocycles. The van der Waals surface area contributed by atoms with Crippen LogP contribution in [0.25, 0.3) is 16.8 Å². The molecule has 3 rings (SSSR count). The highest BCUT2D eigenvalue weighted by Crippen LogP contribution is 2.30. The number of hydrogen-bond donors (Lipinski definition) is 1. The van der Waals surface area contributed by atoms with Crippen LogP contribution in [0.15, 0.2) is 59.4 Å². The number of aromatic nitrogens is 2. The molecule has 0 aliphatic carbocycles. The number of nitrogens with one attached hydrogen (secondary N) is 1. The van der Waals surface area contributed by atoms with E-state index in [0.29, 0.717) is 28.9 Å². The van der Waals surface area contributed by atoms with Crippen molar-refractivity contribution in [3.63, 3.8) is 0 Å². The fraction of sp³-hybridized carbons (Fsp3) is 0.238. The van der Waals surface area contributed by atoms with E-state index in [9.17, 15) is 26.4 Å². The molecule has 6 nitrogen and oxygen atoms in total. The molecule has 0 radical (unpaired) electrons. The van der Waals surface area contributed by atoms with Crippen LogP contribution < -0.4 is 10.3 Å². The third-order valence-corrected chi connectivity index (χ3v) is 5.92. The van der Waals surface area contributed by atoms with Crippen LogP contribution >= 0.6 is 0 Å². The summed E-state index contributed by atoms with van der Waals surface area (Å²) < 4.78 is 65.6. The quantitative estimate of drug-likeness (QED) is 0.608. The summed E-state index contributed by atoms with van der Waals surface area (Å²) >= 11 is 0. The van der Waals surface area contributed by atoms with E-state index in [-0.39, 0.29) is 11.4 Å². The van der Waals surface area contributed by atoms with Crippen LogP contribution in [0.4, 0.5) is 18.9 Å². The Morgan fingerprint density at radius 1 is 1.03 bits per heavy atom. The molecule has 0 unspecified atom stereocenters. The maximum Gasteiger partial charge on any atom is 0.416 e. The Hall–Kier alpha value is -3.14. The summed E-state index contributed by atoms with van der Waals surface area (Å²) in [4.78, 5) is 12.7. The molecule has 1 N–H and O–H groups in total. The van der Waals surface area contributed by atoms with Gasteiger partial charge in [0.1, 0.15) is 0 Å².